The lowest BCUT2D eigenvalue weighted by atomic mass is 10.5. The first-order valence-electron chi connectivity index (χ1n) is 3.64. The van der Waals surface area contributed by atoms with Crippen LogP contribution in [-0.2, 0) is 9.53 Å². The SMILES string of the molecule is COC(=O)/C=C(/C)[Si](C)(C)C. The predicted molar refractivity (Wildman–Crippen MR) is 49.1 cm³/mol. The fraction of sp³-hybridized carbons (Fsp3) is 0.625. The second-order valence-electron chi connectivity index (χ2n) is 3.60. The number of ether oxygens (including phenoxy) is 1. The van der Waals surface area contributed by atoms with Gasteiger partial charge in [0.05, 0.1) is 15.2 Å². The van der Waals surface area contributed by atoms with Gasteiger partial charge in [0.25, 0.3) is 0 Å². The van der Waals surface area contributed by atoms with E-state index in [1.165, 1.54) is 12.3 Å². The van der Waals surface area contributed by atoms with Crippen molar-refractivity contribution >= 4 is 14.0 Å². The normalized spacial score (nSPS) is 13.0. The minimum Gasteiger partial charge on any atom is -0.466 e. The third kappa shape index (κ3) is 3.98. The van der Waals surface area contributed by atoms with Crippen LogP contribution in [0.4, 0.5) is 0 Å². The van der Waals surface area contributed by atoms with Crippen LogP contribution in [0.2, 0.25) is 19.6 Å². The van der Waals surface area contributed by atoms with Gasteiger partial charge in [0, 0.05) is 6.08 Å². The number of carbonyl (C=O) groups excluding carboxylic acids is 1. The highest BCUT2D eigenvalue weighted by molar-refractivity contribution is 6.83. The number of rotatable bonds is 2. The number of hydrogen-bond acceptors (Lipinski definition) is 2. The van der Waals surface area contributed by atoms with Crippen molar-refractivity contribution < 1.29 is 9.53 Å². The van der Waals surface area contributed by atoms with Gasteiger partial charge in [-0.2, -0.15) is 0 Å². The molecule has 64 valence electrons. The molecule has 0 amide bonds. The molecule has 0 aromatic rings. The van der Waals surface area contributed by atoms with Crippen molar-refractivity contribution in [3.05, 3.63) is 11.3 Å². The number of carbonyl (C=O) groups is 1. The average Bonchev–Trinajstić information content (AvgIpc) is 1.85. The fourth-order valence-electron chi connectivity index (χ4n) is 0.452. The fourth-order valence-corrected chi connectivity index (χ4v) is 1.00. The standard InChI is InChI=1S/C8H16O2Si/c1-7(11(3,4)5)6-8(9)10-2/h6H,1-5H3/b7-6-. The third-order valence-corrected chi connectivity index (χ3v) is 4.23. The van der Waals surface area contributed by atoms with Crippen molar-refractivity contribution in [2.24, 2.45) is 0 Å². The molecule has 0 rings (SSSR count). The van der Waals surface area contributed by atoms with E-state index in [1.807, 2.05) is 6.92 Å². The summed E-state index contributed by atoms with van der Waals surface area (Å²) < 4.78 is 4.52. The summed E-state index contributed by atoms with van der Waals surface area (Å²) in [5.74, 6) is -0.245. The van der Waals surface area contributed by atoms with Gasteiger partial charge >= 0.3 is 5.97 Å². The van der Waals surface area contributed by atoms with E-state index in [4.69, 9.17) is 0 Å². The lowest BCUT2D eigenvalue weighted by Crippen LogP contribution is -2.23. The second kappa shape index (κ2) is 3.71. The van der Waals surface area contributed by atoms with E-state index in [0.717, 1.165) is 0 Å². The van der Waals surface area contributed by atoms with Gasteiger partial charge < -0.3 is 4.74 Å². The topological polar surface area (TPSA) is 26.3 Å². The molecule has 0 fully saturated rings. The molecule has 3 heteroatoms. The summed E-state index contributed by atoms with van der Waals surface area (Å²) in [4.78, 5) is 10.8. The molecular formula is C8H16O2Si. The Morgan fingerprint density at radius 2 is 1.82 bits per heavy atom. The maximum Gasteiger partial charge on any atom is 0.330 e. The van der Waals surface area contributed by atoms with Crippen molar-refractivity contribution in [3.63, 3.8) is 0 Å². The largest absolute Gasteiger partial charge is 0.466 e. The monoisotopic (exact) mass is 172 g/mol. The van der Waals surface area contributed by atoms with Crippen LogP contribution in [0.1, 0.15) is 6.92 Å². The molecule has 0 N–H and O–H groups in total. The zero-order valence-electron chi connectivity index (χ0n) is 7.89. The number of methoxy groups -OCH3 is 1. The summed E-state index contributed by atoms with van der Waals surface area (Å²) >= 11 is 0. The smallest absolute Gasteiger partial charge is 0.330 e. The molecule has 0 radical (unpaired) electrons. The Kier molecular flexibility index (Phi) is 3.52. The number of esters is 1. The van der Waals surface area contributed by atoms with Crippen molar-refractivity contribution in [1.29, 1.82) is 0 Å². The molecule has 0 unspecified atom stereocenters. The summed E-state index contributed by atoms with van der Waals surface area (Å²) in [6, 6.07) is 0. The molecule has 11 heavy (non-hydrogen) atoms. The Morgan fingerprint density at radius 3 is 2.09 bits per heavy atom. The van der Waals surface area contributed by atoms with Crippen molar-refractivity contribution in [2.45, 2.75) is 26.6 Å². The minimum absolute atomic E-state index is 0.245. The van der Waals surface area contributed by atoms with E-state index in [2.05, 4.69) is 24.4 Å². The molecule has 0 saturated heterocycles. The van der Waals surface area contributed by atoms with Gasteiger partial charge in [-0.3, -0.25) is 0 Å². The van der Waals surface area contributed by atoms with Crippen LogP contribution in [-0.4, -0.2) is 21.2 Å². The molecule has 0 aliphatic carbocycles. The molecule has 0 aliphatic heterocycles. The molecule has 2 nitrogen and oxygen atoms in total. The highest BCUT2D eigenvalue weighted by Crippen LogP contribution is 2.12. The van der Waals surface area contributed by atoms with Crippen molar-refractivity contribution in [2.75, 3.05) is 7.11 Å². The van der Waals surface area contributed by atoms with Gasteiger partial charge in [-0.15, -0.1) is 0 Å². The number of allylic oxidation sites excluding steroid dienone is 1. The van der Waals surface area contributed by atoms with Crippen LogP contribution in [0.15, 0.2) is 11.3 Å². The molecule has 0 aliphatic rings. The zero-order chi connectivity index (χ0) is 9.07. The van der Waals surface area contributed by atoms with E-state index in [9.17, 15) is 4.79 Å². The molecular weight excluding hydrogens is 156 g/mol. The Labute approximate surface area is 69.3 Å². The Bertz CT molecular complexity index is 177. The lowest BCUT2D eigenvalue weighted by Gasteiger charge is -2.15. The van der Waals surface area contributed by atoms with Crippen LogP contribution in [0, 0.1) is 0 Å². The van der Waals surface area contributed by atoms with E-state index < -0.39 is 8.07 Å². The Morgan fingerprint density at radius 1 is 1.36 bits per heavy atom. The third-order valence-electron chi connectivity index (χ3n) is 1.72. The van der Waals surface area contributed by atoms with E-state index in [0.29, 0.717) is 0 Å². The van der Waals surface area contributed by atoms with Crippen LogP contribution in [0.5, 0.6) is 0 Å². The summed E-state index contributed by atoms with van der Waals surface area (Å²) in [7, 11) is 0.120. The van der Waals surface area contributed by atoms with Crippen LogP contribution >= 0.6 is 0 Å². The summed E-state index contributed by atoms with van der Waals surface area (Å²) in [6.07, 6.45) is 1.59. The molecule has 0 aromatic carbocycles. The summed E-state index contributed by atoms with van der Waals surface area (Å²) in [5.41, 5.74) is 0. The minimum atomic E-state index is -1.28. The van der Waals surface area contributed by atoms with Gasteiger partial charge in [-0.1, -0.05) is 24.8 Å². The van der Waals surface area contributed by atoms with Gasteiger partial charge in [-0.25, -0.2) is 4.79 Å². The second-order valence-corrected chi connectivity index (χ2v) is 8.89. The van der Waals surface area contributed by atoms with Gasteiger partial charge in [0.2, 0.25) is 0 Å². The quantitative estimate of drug-likeness (QED) is 0.362. The molecule has 0 spiro atoms. The molecule has 0 saturated carbocycles. The van der Waals surface area contributed by atoms with E-state index in [1.54, 1.807) is 6.08 Å². The van der Waals surface area contributed by atoms with E-state index >= 15 is 0 Å². The first-order chi connectivity index (χ1) is 4.88. The highest BCUT2D eigenvalue weighted by atomic mass is 28.3. The van der Waals surface area contributed by atoms with Gasteiger partial charge in [-0.05, 0) is 6.92 Å². The first-order valence-corrected chi connectivity index (χ1v) is 7.14. The number of hydrogen-bond donors (Lipinski definition) is 0. The Balaban J connectivity index is 4.35. The maximum absolute atomic E-state index is 10.8. The van der Waals surface area contributed by atoms with Gasteiger partial charge in [0.15, 0.2) is 0 Å². The molecule has 0 bridgehead atoms. The van der Waals surface area contributed by atoms with Crippen molar-refractivity contribution in [3.8, 4) is 0 Å². The zero-order valence-corrected chi connectivity index (χ0v) is 8.89. The molecule has 0 atom stereocenters. The lowest BCUT2D eigenvalue weighted by molar-refractivity contribution is -0.134. The average molecular weight is 172 g/mol. The van der Waals surface area contributed by atoms with Crippen LogP contribution < -0.4 is 0 Å². The highest BCUT2D eigenvalue weighted by Gasteiger charge is 2.16. The van der Waals surface area contributed by atoms with Crippen LogP contribution in [0.25, 0.3) is 0 Å². The van der Waals surface area contributed by atoms with Crippen LogP contribution in [0.3, 0.4) is 0 Å². The Hall–Kier alpha value is -0.573. The van der Waals surface area contributed by atoms with Gasteiger partial charge in [0.1, 0.15) is 0 Å². The summed E-state index contributed by atoms with van der Waals surface area (Å²) in [6.45, 7) is 8.58. The predicted octanol–water partition coefficient (Wildman–Crippen LogP) is 1.98. The molecule has 0 aromatic heterocycles. The molecule has 0 heterocycles. The summed E-state index contributed by atoms with van der Waals surface area (Å²) in [5, 5.41) is 1.17. The van der Waals surface area contributed by atoms with E-state index in [-0.39, 0.29) is 5.97 Å². The maximum atomic E-state index is 10.8. The van der Waals surface area contributed by atoms with Crippen molar-refractivity contribution in [1.82, 2.24) is 0 Å². The first kappa shape index (κ1) is 10.4.